The summed E-state index contributed by atoms with van der Waals surface area (Å²) in [5.74, 6) is -0.565. The highest BCUT2D eigenvalue weighted by Crippen LogP contribution is 2.20. The first-order valence-electron chi connectivity index (χ1n) is 40.3. The van der Waals surface area contributed by atoms with Crippen molar-refractivity contribution in [2.75, 3.05) is 13.2 Å². The predicted molar refractivity (Wildman–Crippen MR) is 394 cm³/mol. The van der Waals surface area contributed by atoms with Crippen LogP contribution in [0.3, 0.4) is 0 Å². The third kappa shape index (κ3) is 78.0. The molecule has 0 amide bonds. The lowest BCUT2D eigenvalue weighted by molar-refractivity contribution is -0.161. The molecule has 0 aliphatic rings. The Kier molecular flexibility index (Phi) is 77.7. The zero-order chi connectivity index (χ0) is 64.0. The largest absolute Gasteiger partial charge is 0.462 e. The predicted octanol–water partition coefficient (Wildman–Crippen LogP) is 28.4. The fourth-order valence-electron chi connectivity index (χ4n) is 12.6. The van der Waals surface area contributed by atoms with Crippen LogP contribution >= 0.6 is 0 Å². The number of ether oxygens (including phenoxy) is 2. The van der Waals surface area contributed by atoms with Crippen molar-refractivity contribution in [2.45, 2.75) is 450 Å². The van der Waals surface area contributed by atoms with Crippen molar-refractivity contribution in [1.29, 1.82) is 0 Å². The summed E-state index contributed by atoms with van der Waals surface area (Å²) < 4.78 is 10.8. The molecule has 522 valence electrons. The van der Waals surface area contributed by atoms with Gasteiger partial charge in [-0.05, 0) is 57.8 Å². The molecule has 0 spiro atoms. The van der Waals surface area contributed by atoms with Crippen molar-refractivity contribution in [3.8, 4) is 0 Å². The number of carbonyl (C=O) groups is 2. The molecule has 0 rings (SSSR count). The molecular formula is C84H156O5. The molecule has 0 aromatic heterocycles. The van der Waals surface area contributed by atoms with E-state index in [9.17, 15) is 14.7 Å². The lowest BCUT2D eigenvalue weighted by Gasteiger charge is -2.15. The van der Waals surface area contributed by atoms with Crippen LogP contribution in [-0.2, 0) is 19.1 Å². The number of rotatable bonds is 76. The van der Waals surface area contributed by atoms with Gasteiger partial charge >= 0.3 is 11.9 Å². The maximum absolute atomic E-state index is 12.4. The summed E-state index contributed by atoms with van der Waals surface area (Å²) in [4.78, 5) is 24.7. The van der Waals surface area contributed by atoms with E-state index < -0.39 is 6.10 Å². The molecular weight excluding hydrogens is 1090 g/mol. The molecule has 1 N–H and O–H groups in total. The molecule has 5 nitrogen and oxygen atoms in total. The van der Waals surface area contributed by atoms with Crippen molar-refractivity contribution in [3.05, 3.63) is 60.8 Å². The van der Waals surface area contributed by atoms with Crippen molar-refractivity contribution in [2.24, 2.45) is 0 Å². The van der Waals surface area contributed by atoms with E-state index in [0.29, 0.717) is 12.8 Å². The highest BCUT2D eigenvalue weighted by atomic mass is 16.6. The summed E-state index contributed by atoms with van der Waals surface area (Å²) in [6.07, 6.45) is 110. The van der Waals surface area contributed by atoms with E-state index in [4.69, 9.17) is 9.47 Å². The molecule has 0 radical (unpaired) electrons. The van der Waals surface area contributed by atoms with E-state index in [0.717, 1.165) is 64.2 Å². The lowest BCUT2D eigenvalue weighted by Crippen LogP contribution is -2.28. The van der Waals surface area contributed by atoms with Crippen LogP contribution in [0.15, 0.2) is 60.8 Å². The van der Waals surface area contributed by atoms with Gasteiger partial charge in [0.05, 0.1) is 6.61 Å². The molecule has 0 saturated heterocycles. The third-order valence-electron chi connectivity index (χ3n) is 18.6. The first kappa shape index (κ1) is 86.6. The number of aliphatic hydroxyl groups excluding tert-OH is 1. The quantitative estimate of drug-likeness (QED) is 0.0373. The molecule has 0 fully saturated rings. The fourth-order valence-corrected chi connectivity index (χ4v) is 12.6. The van der Waals surface area contributed by atoms with Gasteiger partial charge in [-0.1, -0.05) is 434 Å². The van der Waals surface area contributed by atoms with E-state index in [1.807, 2.05) is 0 Å². The fraction of sp³-hybridized carbons (Fsp3) is 0.857. The second kappa shape index (κ2) is 79.8. The highest BCUT2D eigenvalue weighted by Gasteiger charge is 2.16. The van der Waals surface area contributed by atoms with Crippen LogP contribution in [0.25, 0.3) is 0 Å². The van der Waals surface area contributed by atoms with Crippen LogP contribution < -0.4 is 0 Å². The topological polar surface area (TPSA) is 72.8 Å². The van der Waals surface area contributed by atoms with Gasteiger partial charge in [-0.25, -0.2) is 0 Å². The number of allylic oxidation sites excluding steroid dienone is 10. The van der Waals surface area contributed by atoms with Crippen molar-refractivity contribution < 1.29 is 24.2 Å². The Morgan fingerprint density at radius 3 is 0.730 bits per heavy atom. The first-order valence-corrected chi connectivity index (χ1v) is 40.3. The SMILES string of the molecule is CC/C=C\C/C=C\C/C=C\C/C=C\C/C=C\CCCCCCCCCCCCCCCCCCCCCC(=O)OC(CO)COC(=O)CCCCCCCCCCCCCCCCCCCCCCCCCCCCCCCCCCCCCCCCCC. The van der Waals surface area contributed by atoms with Gasteiger partial charge in [0.15, 0.2) is 6.10 Å². The Morgan fingerprint density at radius 1 is 0.270 bits per heavy atom. The Bertz CT molecular complexity index is 1510. The standard InChI is InChI=1S/C84H156O5/c1-3-5-7-9-11-13-15-17-19-21-23-25-27-29-31-33-35-37-39-40-41-42-43-45-46-48-50-52-54-56-58-60-62-64-66-68-70-72-74-76-78-83(86)88-81-82(80-85)89-84(87)79-77-75-73-71-69-67-65-63-61-59-57-55-53-51-49-47-44-38-36-34-32-30-28-26-24-22-20-18-16-14-12-10-8-6-4-2/h6,8,12,14,18,20,24,26,30,32,82,85H,3-5,7,9-11,13,15-17,19,21-23,25,27-29,31,33-81H2,1-2H3/b8-6-,14-12-,20-18-,26-24-,32-30-. The van der Waals surface area contributed by atoms with Crippen molar-refractivity contribution >= 4 is 11.9 Å². The van der Waals surface area contributed by atoms with Gasteiger partial charge in [-0.15, -0.1) is 0 Å². The minimum Gasteiger partial charge on any atom is -0.462 e. The van der Waals surface area contributed by atoms with Gasteiger partial charge in [0.25, 0.3) is 0 Å². The molecule has 5 heteroatoms. The minimum absolute atomic E-state index is 0.0600. The maximum Gasteiger partial charge on any atom is 0.306 e. The monoisotopic (exact) mass is 1250 g/mol. The third-order valence-corrected chi connectivity index (χ3v) is 18.6. The molecule has 0 aromatic rings. The number of unbranched alkanes of at least 4 members (excludes halogenated alkanes) is 58. The van der Waals surface area contributed by atoms with Gasteiger partial charge in [-0.2, -0.15) is 0 Å². The normalized spacial score (nSPS) is 12.4. The molecule has 0 saturated carbocycles. The summed E-state index contributed by atoms with van der Waals surface area (Å²) in [5.41, 5.74) is 0. The molecule has 1 unspecified atom stereocenters. The zero-order valence-electron chi connectivity index (χ0n) is 60.2. The molecule has 0 aliphatic heterocycles. The van der Waals surface area contributed by atoms with E-state index in [2.05, 4.69) is 74.6 Å². The second-order valence-corrected chi connectivity index (χ2v) is 27.5. The molecule has 0 aliphatic carbocycles. The summed E-state index contributed by atoms with van der Waals surface area (Å²) in [7, 11) is 0. The summed E-state index contributed by atoms with van der Waals surface area (Å²) >= 11 is 0. The number of esters is 2. The van der Waals surface area contributed by atoms with E-state index >= 15 is 0 Å². The van der Waals surface area contributed by atoms with Crippen LogP contribution in [0.4, 0.5) is 0 Å². The average molecular weight is 1250 g/mol. The first-order chi connectivity index (χ1) is 44.1. The highest BCUT2D eigenvalue weighted by molar-refractivity contribution is 5.70. The van der Waals surface area contributed by atoms with Gasteiger partial charge in [-0.3, -0.25) is 9.59 Å². The van der Waals surface area contributed by atoms with Gasteiger partial charge in [0, 0.05) is 12.8 Å². The van der Waals surface area contributed by atoms with Crippen LogP contribution in [-0.4, -0.2) is 36.4 Å². The lowest BCUT2D eigenvalue weighted by atomic mass is 10.0. The summed E-state index contributed by atoms with van der Waals surface area (Å²) in [6.45, 7) is 4.10. The van der Waals surface area contributed by atoms with E-state index in [-0.39, 0.29) is 25.2 Å². The zero-order valence-corrected chi connectivity index (χ0v) is 60.2. The molecule has 0 bridgehead atoms. The van der Waals surface area contributed by atoms with Crippen LogP contribution in [0.1, 0.15) is 444 Å². The average Bonchev–Trinajstić information content (AvgIpc) is 3.55. The molecule has 0 heterocycles. The Morgan fingerprint density at radius 2 is 0.483 bits per heavy atom. The van der Waals surface area contributed by atoms with Gasteiger partial charge in [0.2, 0.25) is 0 Å². The van der Waals surface area contributed by atoms with Crippen LogP contribution in [0, 0.1) is 0 Å². The van der Waals surface area contributed by atoms with Crippen molar-refractivity contribution in [1.82, 2.24) is 0 Å². The number of hydrogen-bond acceptors (Lipinski definition) is 5. The van der Waals surface area contributed by atoms with Gasteiger partial charge < -0.3 is 14.6 Å². The Hall–Kier alpha value is -2.40. The summed E-state index contributed by atoms with van der Waals surface area (Å²) in [6, 6.07) is 0. The Balaban J connectivity index is 3.36. The summed E-state index contributed by atoms with van der Waals surface area (Å²) in [5, 5.41) is 9.73. The smallest absolute Gasteiger partial charge is 0.306 e. The van der Waals surface area contributed by atoms with Gasteiger partial charge in [0.1, 0.15) is 6.61 Å². The number of hydrogen-bond donors (Lipinski definition) is 1. The Labute approximate surface area is 557 Å². The second-order valence-electron chi connectivity index (χ2n) is 27.5. The number of aliphatic hydroxyl groups is 1. The van der Waals surface area contributed by atoms with E-state index in [1.165, 1.54) is 353 Å². The molecule has 89 heavy (non-hydrogen) atoms. The van der Waals surface area contributed by atoms with E-state index in [1.54, 1.807) is 0 Å². The molecule has 1 atom stereocenters. The number of carbonyl (C=O) groups excluding carboxylic acids is 2. The maximum atomic E-state index is 12.4. The van der Waals surface area contributed by atoms with Crippen LogP contribution in [0.5, 0.6) is 0 Å². The van der Waals surface area contributed by atoms with Crippen molar-refractivity contribution in [3.63, 3.8) is 0 Å². The molecule has 0 aromatic carbocycles. The van der Waals surface area contributed by atoms with Crippen LogP contribution in [0.2, 0.25) is 0 Å². The minimum atomic E-state index is -0.772.